The third-order valence-electron chi connectivity index (χ3n) is 6.50. The number of amides is 1. The summed E-state index contributed by atoms with van der Waals surface area (Å²) in [5.74, 6) is 1.42. The number of pyridine rings is 1. The molecule has 35 heavy (non-hydrogen) atoms. The molecule has 0 aliphatic carbocycles. The minimum atomic E-state index is -0.539. The van der Waals surface area contributed by atoms with Crippen molar-refractivity contribution in [2.75, 3.05) is 11.5 Å². The van der Waals surface area contributed by atoms with Crippen LogP contribution >= 0.6 is 35.0 Å². The number of rotatable bonds is 5. The summed E-state index contributed by atoms with van der Waals surface area (Å²) in [5, 5.41) is 0.838. The summed E-state index contributed by atoms with van der Waals surface area (Å²) in [5.41, 5.74) is 3.80. The van der Waals surface area contributed by atoms with E-state index in [4.69, 9.17) is 32.9 Å². The highest BCUT2D eigenvalue weighted by molar-refractivity contribution is 7.99. The van der Waals surface area contributed by atoms with Crippen LogP contribution in [0.15, 0.2) is 48.5 Å². The van der Waals surface area contributed by atoms with Gasteiger partial charge in [0.1, 0.15) is 6.61 Å². The molecular weight excluding hydrogens is 503 g/mol. The van der Waals surface area contributed by atoms with E-state index in [0.717, 1.165) is 29.9 Å². The molecule has 2 aliphatic rings. The van der Waals surface area contributed by atoms with Crippen molar-refractivity contribution in [3.8, 4) is 11.1 Å². The van der Waals surface area contributed by atoms with Crippen molar-refractivity contribution < 1.29 is 14.3 Å². The van der Waals surface area contributed by atoms with Crippen LogP contribution in [-0.4, -0.2) is 39.3 Å². The Morgan fingerprint density at radius 2 is 1.86 bits per heavy atom. The van der Waals surface area contributed by atoms with Crippen LogP contribution in [0.1, 0.15) is 50.5 Å². The second kappa shape index (κ2) is 10.2. The van der Waals surface area contributed by atoms with Crippen LogP contribution in [-0.2, 0) is 17.9 Å². The third-order valence-corrected chi connectivity index (χ3v) is 8.09. The van der Waals surface area contributed by atoms with E-state index >= 15 is 0 Å². The SMILES string of the molecule is Cc1nc2c(c(-c3ccc(Cl)cc3Cl)c1C(=O)OCc1ccccc1)C(=O)N(C1CCSCC1)C2. The van der Waals surface area contributed by atoms with Crippen molar-refractivity contribution in [2.45, 2.75) is 39.0 Å². The summed E-state index contributed by atoms with van der Waals surface area (Å²) in [6, 6.07) is 14.7. The zero-order chi connectivity index (χ0) is 24.5. The fraction of sp³-hybridized carbons (Fsp3) is 0.296. The van der Waals surface area contributed by atoms with Crippen LogP contribution < -0.4 is 0 Å². The maximum atomic E-state index is 13.8. The molecule has 0 atom stereocenters. The van der Waals surface area contributed by atoms with E-state index in [1.165, 1.54) is 0 Å². The fourth-order valence-electron chi connectivity index (χ4n) is 4.78. The molecule has 1 saturated heterocycles. The lowest BCUT2D eigenvalue weighted by molar-refractivity contribution is 0.0472. The first-order valence-electron chi connectivity index (χ1n) is 11.5. The number of benzene rings is 2. The number of aryl methyl sites for hydroxylation is 1. The van der Waals surface area contributed by atoms with Gasteiger partial charge in [-0.05, 0) is 49.0 Å². The van der Waals surface area contributed by atoms with Crippen molar-refractivity contribution in [3.63, 3.8) is 0 Å². The number of aromatic nitrogens is 1. The second-order valence-electron chi connectivity index (χ2n) is 8.73. The van der Waals surface area contributed by atoms with Crippen molar-refractivity contribution in [2.24, 2.45) is 0 Å². The van der Waals surface area contributed by atoms with E-state index in [-0.39, 0.29) is 24.1 Å². The molecule has 2 aromatic carbocycles. The van der Waals surface area contributed by atoms with Crippen molar-refractivity contribution >= 4 is 46.8 Å². The Morgan fingerprint density at radius 1 is 1.11 bits per heavy atom. The van der Waals surface area contributed by atoms with Crippen LogP contribution in [0, 0.1) is 6.92 Å². The molecule has 3 heterocycles. The molecule has 5 rings (SSSR count). The number of thioether (sulfide) groups is 1. The van der Waals surface area contributed by atoms with Gasteiger partial charge in [-0.2, -0.15) is 11.8 Å². The van der Waals surface area contributed by atoms with Gasteiger partial charge in [-0.1, -0.05) is 59.6 Å². The first kappa shape index (κ1) is 24.2. The molecular formula is C27H24Cl2N2O3S. The average molecular weight is 527 g/mol. The van der Waals surface area contributed by atoms with Crippen LogP contribution in [0.2, 0.25) is 10.0 Å². The molecule has 5 nitrogen and oxygen atoms in total. The molecule has 180 valence electrons. The molecule has 0 spiro atoms. The van der Waals surface area contributed by atoms with Gasteiger partial charge in [0, 0.05) is 27.2 Å². The normalized spacial score (nSPS) is 15.9. The van der Waals surface area contributed by atoms with Crippen molar-refractivity contribution in [3.05, 3.63) is 86.7 Å². The van der Waals surface area contributed by atoms with Gasteiger partial charge in [0.15, 0.2) is 0 Å². The molecule has 8 heteroatoms. The first-order chi connectivity index (χ1) is 16.9. The number of nitrogens with zero attached hydrogens (tertiary/aromatic N) is 2. The summed E-state index contributed by atoms with van der Waals surface area (Å²) in [4.78, 5) is 33.9. The van der Waals surface area contributed by atoms with Crippen LogP contribution in [0.5, 0.6) is 0 Å². The highest BCUT2D eigenvalue weighted by Crippen LogP contribution is 2.41. The standard InChI is InChI=1S/C27H24Cl2N2O3S/c1-16-23(27(33)34-15-17-5-3-2-4-6-17)24(20-8-7-18(28)13-21(20)29)25-22(30-16)14-31(26(25)32)19-9-11-35-12-10-19/h2-8,13,19H,9-12,14-15H2,1H3. The summed E-state index contributed by atoms with van der Waals surface area (Å²) < 4.78 is 5.68. The molecule has 0 saturated carbocycles. The zero-order valence-electron chi connectivity index (χ0n) is 19.2. The minimum absolute atomic E-state index is 0.109. The average Bonchev–Trinajstić information content (AvgIpc) is 3.19. The van der Waals surface area contributed by atoms with Gasteiger partial charge in [-0.15, -0.1) is 0 Å². The van der Waals surface area contributed by atoms with E-state index in [1.54, 1.807) is 25.1 Å². The smallest absolute Gasteiger partial charge is 0.340 e. The predicted molar refractivity (Wildman–Crippen MR) is 140 cm³/mol. The van der Waals surface area contributed by atoms with E-state index in [2.05, 4.69) is 0 Å². The Morgan fingerprint density at radius 3 is 2.57 bits per heavy atom. The summed E-state index contributed by atoms with van der Waals surface area (Å²) in [6.45, 7) is 2.32. The molecule has 0 unspecified atom stereocenters. The lowest BCUT2D eigenvalue weighted by Crippen LogP contribution is -2.38. The van der Waals surface area contributed by atoms with Crippen molar-refractivity contribution in [1.29, 1.82) is 0 Å². The highest BCUT2D eigenvalue weighted by atomic mass is 35.5. The van der Waals surface area contributed by atoms with E-state index in [1.807, 2.05) is 47.0 Å². The van der Waals surface area contributed by atoms with Gasteiger partial charge in [-0.3, -0.25) is 9.78 Å². The predicted octanol–water partition coefficient (Wildman–Crippen LogP) is 6.57. The zero-order valence-corrected chi connectivity index (χ0v) is 21.6. The topological polar surface area (TPSA) is 59.5 Å². The summed E-state index contributed by atoms with van der Waals surface area (Å²) in [7, 11) is 0. The van der Waals surface area contributed by atoms with Gasteiger partial charge in [0.05, 0.1) is 29.1 Å². The molecule has 1 aromatic heterocycles. The second-order valence-corrected chi connectivity index (χ2v) is 10.8. The summed E-state index contributed by atoms with van der Waals surface area (Å²) >= 11 is 14.7. The highest BCUT2D eigenvalue weighted by Gasteiger charge is 2.39. The molecule has 0 radical (unpaired) electrons. The number of halogens is 2. The Hall–Kier alpha value is -2.54. The van der Waals surface area contributed by atoms with Gasteiger partial charge >= 0.3 is 5.97 Å². The number of hydrogen-bond donors (Lipinski definition) is 0. The largest absolute Gasteiger partial charge is 0.457 e. The Balaban J connectivity index is 1.60. The molecule has 2 aliphatic heterocycles. The Labute approximate surface area is 218 Å². The number of carbonyl (C=O) groups excluding carboxylic acids is 2. The Bertz CT molecular complexity index is 1290. The van der Waals surface area contributed by atoms with Gasteiger partial charge in [0.25, 0.3) is 5.91 Å². The molecule has 3 aromatic rings. The molecule has 0 N–H and O–H groups in total. The lowest BCUT2D eigenvalue weighted by Gasteiger charge is -2.30. The lowest BCUT2D eigenvalue weighted by atomic mass is 9.92. The fourth-order valence-corrected chi connectivity index (χ4v) is 6.37. The van der Waals surface area contributed by atoms with E-state index < -0.39 is 5.97 Å². The van der Waals surface area contributed by atoms with Gasteiger partial charge in [0.2, 0.25) is 0 Å². The number of hydrogen-bond acceptors (Lipinski definition) is 5. The van der Waals surface area contributed by atoms with Crippen molar-refractivity contribution in [1.82, 2.24) is 9.88 Å². The van der Waals surface area contributed by atoms with E-state index in [0.29, 0.717) is 44.7 Å². The van der Waals surface area contributed by atoms with Crippen LogP contribution in [0.3, 0.4) is 0 Å². The number of fused-ring (bicyclic) bond motifs is 1. The van der Waals surface area contributed by atoms with E-state index in [9.17, 15) is 9.59 Å². The monoisotopic (exact) mass is 526 g/mol. The Kier molecular flexibility index (Phi) is 7.05. The summed E-state index contributed by atoms with van der Waals surface area (Å²) in [6.07, 6.45) is 1.90. The maximum absolute atomic E-state index is 13.8. The van der Waals surface area contributed by atoms with Gasteiger partial charge < -0.3 is 9.64 Å². The number of ether oxygens (including phenoxy) is 1. The quantitative estimate of drug-likeness (QED) is 0.351. The number of esters is 1. The van der Waals surface area contributed by atoms with Gasteiger partial charge in [-0.25, -0.2) is 4.79 Å². The van der Waals surface area contributed by atoms with Crippen LogP contribution in [0.25, 0.3) is 11.1 Å². The molecule has 1 fully saturated rings. The number of carbonyl (C=O) groups is 2. The molecule has 0 bridgehead atoms. The third kappa shape index (κ3) is 4.80. The minimum Gasteiger partial charge on any atom is -0.457 e. The van der Waals surface area contributed by atoms with Crippen LogP contribution in [0.4, 0.5) is 0 Å². The maximum Gasteiger partial charge on any atom is 0.340 e. The first-order valence-corrected chi connectivity index (χ1v) is 13.4. The molecule has 1 amide bonds.